The Morgan fingerprint density at radius 3 is 2.63 bits per heavy atom. The van der Waals surface area contributed by atoms with E-state index in [-0.39, 0.29) is 16.5 Å². The van der Waals surface area contributed by atoms with Crippen LogP contribution in [0.15, 0.2) is 93.0 Å². The maximum atomic E-state index is 13.8. The van der Waals surface area contributed by atoms with Crippen molar-refractivity contribution in [3.05, 3.63) is 106 Å². The normalized spacial score (nSPS) is 16.1. The predicted molar refractivity (Wildman–Crippen MR) is 134 cm³/mol. The van der Waals surface area contributed by atoms with Gasteiger partial charge in [-0.25, -0.2) is 9.37 Å². The monoisotopic (exact) mass is 548 g/mol. The van der Waals surface area contributed by atoms with Gasteiger partial charge < -0.3 is 9.52 Å². The molecule has 1 N–H and O–H groups in total. The van der Waals surface area contributed by atoms with Crippen molar-refractivity contribution < 1.29 is 23.5 Å². The summed E-state index contributed by atoms with van der Waals surface area (Å²) in [5, 5.41) is 11.9. The lowest BCUT2D eigenvalue weighted by Gasteiger charge is -2.24. The molecular weight excluding hydrogens is 535 g/mol. The minimum Gasteiger partial charge on any atom is -0.503 e. The van der Waals surface area contributed by atoms with Crippen LogP contribution in [0, 0.1) is 5.82 Å². The fourth-order valence-corrected chi connectivity index (χ4v) is 5.49. The molecule has 0 aliphatic carbocycles. The molecule has 0 saturated heterocycles. The lowest BCUT2D eigenvalue weighted by molar-refractivity contribution is -0.117. The number of carbonyl (C=O) groups is 2. The zero-order chi connectivity index (χ0) is 24.3. The van der Waals surface area contributed by atoms with Gasteiger partial charge in [-0.05, 0) is 48.0 Å². The number of ketones is 1. The van der Waals surface area contributed by atoms with E-state index in [2.05, 4.69) is 20.9 Å². The minimum atomic E-state index is -0.957. The summed E-state index contributed by atoms with van der Waals surface area (Å²) in [6.07, 6.45) is 0. The van der Waals surface area contributed by atoms with Crippen molar-refractivity contribution in [1.82, 2.24) is 4.98 Å². The van der Waals surface area contributed by atoms with Crippen LogP contribution in [-0.4, -0.2) is 21.8 Å². The molecule has 1 aliphatic heterocycles. The molecular formula is C26H14BrFN2O4S. The third kappa shape index (κ3) is 3.55. The summed E-state index contributed by atoms with van der Waals surface area (Å²) < 4.78 is 20.9. The van der Waals surface area contributed by atoms with E-state index in [9.17, 15) is 19.1 Å². The Bertz CT molecular complexity index is 1660. The quantitative estimate of drug-likeness (QED) is 0.252. The van der Waals surface area contributed by atoms with E-state index in [0.29, 0.717) is 21.4 Å². The summed E-state index contributed by atoms with van der Waals surface area (Å²) >= 11 is 4.50. The lowest BCUT2D eigenvalue weighted by atomic mass is 9.95. The van der Waals surface area contributed by atoms with Gasteiger partial charge in [0, 0.05) is 9.86 Å². The van der Waals surface area contributed by atoms with Crippen molar-refractivity contribution in [1.29, 1.82) is 0 Å². The first-order valence-electron chi connectivity index (χ1n) is 10.5. The number of carbonyl (C=O) groups excluding carboxylic acids is 2. The largest absolute Gasteiger partial charge is 0.503 e. The molecule has 172 valence electrons. The van der Waals surface area contributed by atoms with E-state index in [0.717, 1.165) is 21.2 Å². The maximum absolute atomic E-state index is 13.8. The SMILES string of the molecule is O=C(C1=C(O)C(=O)N(c2nc3ccc(F)cc3s2)C1c1ccc(Br)cc1)c1cc2ccccc2o1. The Hall–Kier alpha value is -3.82. The fourth-order valence-electron chi connectivity index (χ4n) is 4.21. The predicted octanol–water partition coefficient (Wildman–Crippen LogP) is 6.73. The summed E-state index contributed by atoms with van der Waals surface area (Å²) in [6.45, 7) is 0. The number of Topliss-reactive ketones (excluding diaryl/α,β-unsaturated/α-hetero) is 1. The van der Waals surface area contributed by atoms with Crippen molar-refractivity contribution >= 4 is 65.3 Å². The molecule has 0 radical (unpaired) electrons. The third-order valence-corrected chi connectivity index (χ3v) is 7.38. The molecule has 5 aromatic rings. The number of anilines is 1. The second-order valence-electron chi connectivity index (χ2n) is 7.98. The summed E-state index contributed by atoms with van der Waals surface area (Å²) in [5.41, 5.74) is 1.51. The number of fused-ring (bicyclic) bond motifs is 2. The first-order valence-corrected chi connectivity index (χ1v) is 12.1. The number of hydrogen-bond acceptors (Lipinski definition) is 6. The van der Waals surface area contributed by atoms with Crippen LogP contribution in [-0.2, 0) is 4.79 Å². The van der Waals surface area contributed by atoms with Gasteiger partial charge in [0.15, 0.2) is 16.7 Å². The molecule has 1 atom stereocenters. The number of nitrogens with zero attached hydrogens (tertiary/aromatic N) is 2. The molecule has 1 unspecified atom stereocenters. The smallest absolute Gasteiger partial charge is 0.296 e. The molecule has 1 aliphatic rings. The van der Waals surface area contributed by atoms with Gasteiger partial charge in [-0.1, -0.05) is 57.6 Å². The fraction of sp³-hybridized carbons (Fsp3) is 0.0385. The average Bonchev–Trinajstić information content (AvgIpc) is 3.53. The number of rotatable bonds is 4. The van der Waals surface area contributed by atoms with Gasteiger partial charge in [-0.2, -0.15) is 0 Å². The van der Waals surface area contributed by atoms with Crippen molar-refractivity contribution in [2.75, 3.05) is 4.90 Å². The first-order chi connectivity index (χ1) is 16.9. The zero-order valence-electron chi connectivity index (χ0n) is 17.7. The van der Waals surface area contributed by atoms with Gasteiger partial charge in [0.1, 0.15) is 11.4 Å². The minimum absolute atomic E-state index is 0.0101. The average molecular weight is 549 g/mol. The number of amides is 1. The van der Waals surface area contributed by atoms with Gasteiger partial charge in [0.05, 0.1) is 21.8 Å². The molecule has 35 heavy (non-hydrogen) atoms. The highest BCUT2D eigenvalue weighted by Crippen LogP contribution is 2.44. The topological polar surface area (TPSA) is 83.6 Å². The molecule has 0 bridgehead atoms. The molecule has 3 aromatic carbocycles. The van der Waals surface area contributed by atoms with Crippen LogP contribution in [0.3, 0.4) is 0 Å². The number of aromatic nitrogens is 1. The Morgan fingerprint density at radius 1 is 1.09 bits per heavy atom. The van der Waals surface area contributed by atoms with E-state index in [1.807, 2.05) is 12.1 Å². The number of aliphatic hydroxyl groups is 1. The second-order valence-corrected chi connectivity index (χ2v) is 9.90. The summed E-state index contributed by atoms with van der Waals surface area (Å²) in [4.78, 5) is 32.8. The van der Waals surface area contributed by atoms with Crippen LogP contribution in [0.4, 0.5) is 9.52 Å². The van der Waals surface area contributed by atoms with E-state index < -0.39 is 29.3 Å². The summed E-state index contributed by atoms with van der Waals surface area (Å²) in [7, 11) is 0. The van der Waals surface area contributed by atoms with E-state index in [1.54, 1.807) is 42.5 Å². The number of para-hydroxylation sites is 1. The van der Waals surface area contributed by atoms with Crippen LogP contribution in [0.2, 0.25) is 0 Å². The highest BCUT2D eigenvalue weighted by atomic mass is 79.9. The first kappa shape index (κ1) is 21.7. The van der Waals surface area contributed by atoms with Gasteiger partial charge in [0.25, 0.3) is 5.91 Å². The summed E-state index contributed by atoms with van der Waals surface area (Å²) in [5.74, 6) is -2.46. The molecule has 2 aromatic heterocycles. The maximum Gasteiger partial charge on any atom is 0.296 e. The molecule has 9 heteroatoms. The number of aliphatic hydroxyl groups excluding tert-OH is 1. The van der Waals surface area contributed by atoms with E-state index >= 15 is 0 Å². The molecule has 0 saturated carbocycles. The number of furan rings is 1. The van der Waals surface area contributed by atoms with Crippen LogP contribution in [0.1, 0.15) is 22.2 Å². The molecule has 1 amide bonds. The van der Waals surface area contributed by atoms with Crippen molar-refractivity contribution in [2.24, 2.45) is 0 Å². The highest BCUT2D eigenvalue weighted by molar-refractivity contribution is 9.10. The molecule has 6 nitrogen and oxygen atoms in total. The van der Waals surface area contributed by atoms with E-state index in [4.69, 9.17) is 4.42 Å². The second kappa shape index (κ2) is 8.14. The lowest BCUT2D eigenvalue weighted by Crippen LogP contribution is -2.30. The van der Waals surface area contributed by atoms with Gasteiger partial charge >= 0.3 is 0 Å². The van der Waals surface area contributed by atoms with Crippen LogP contribution < -0.4 is 4.90 Å². The number of halogens is 2. The van der Waals surface area contributed by atoms with Gasteiger partial charge in [0.2, 0.25) is 5.78 Å². The van der Waals surface area contributed by atoms with Crippen molar-refractivity contribution in [2.45, 2.75) is 6.04 Å². The Kier molecular flexibility index (Phi) is 5.05. The van der Waals surface area contributed by atoms with Crippen molar-refractivity contribution in [3.8, 4) is 0 Å². The van der Waals surface area contributed by atoms with Crippen LogP contribution in [0.5, 0.6) is 0 Å². The van der Waals surface area contributed by atoms with Gasteiger partial charge in [-0.3, -0.25) is 14.5 Å². The number of benzene rings is 3. The van der Waals surface area contributed by atoms with Gasteiger partial charge in [-0.15, -0.1) is 0 Å². The number of thiazole rings is 1. The Morgan fingerprint density at radius 2 is 1.86 bits per heavy atom. The Labute approximate surface area is 210 Å². The van der Waals surface area contributed by atoms with Crippen molar-refractivity contribution in [3.63, 3.8) is 0 Å². The van der Waals surface area contributed by atoms with E-state index in [1.165, 1.54) is 23.1 Å². The Balaban J connectivity index is 1.51. The zero-order valence-corrected chi connectivity index (χ0v) is 20.1. The molecule has 0 spiro atoms. The standard InChI is InChI=1S/C26H14BrFN2O4S/c27-15-7-5-13(6-8-15)22-21(23(31)19-11-14-3-1-2-4-18(14)34-19)24(32)25(33)30(22)26-29-17-10-9-16(28)12-20(17)35-26/h1-12,22,32H. The molecule has 6 rings (SSSR count). The third-order valence-electron chi connectivity index (χ3n) is 5.83. The number of hydrogen-bond donors (Lipinski definition) is 1. The molecule has 3 heterocycles. The summed E-state index contributed by atoms with van der Waals surface area (Å²) in [6, 6.07) is 19.0. The highest BCUT2D eigenvalue weighted by Gasteiger charge is 2.46. The van der Waals surface area contributed by atoms with Crippen LogP contribution in [0.25, 0.3) is 21.2 Å². The van der Waals surface area contributed by atoms with Crippen LogP contribution >= 0.6 is 27.3 Å². The molecule has 0 fully saturated rings.